The van der Waals surface area contributed by atoms with Crippen LogP contribution in [0, 0.1) is 0 Å². The Labute approximate surface area is 670 Å². The number of phosphoric ester groups is 1. The number of carbonyl (C=O) groups is 9. The van der Waals surface area contributed by atoms with Crippen molar-refractivity contribution in [2.45, 2.75) is 222 Å². The number of ether oxygens (including phenoxy) is 13. The van der Waals surface area contributed by atoms with Gasteiger partial charge < -0.3 is 160 Å². The van der Waals surface area contributed by atoms with Gasteiger partial charge in [0.1, 0.15) is 85.1 Å². The lowest BCUT2D eigenvalue weighted by molar-refractivity contribution is -0.272. The minimum Gasteiger partial charge on any atom is -0.394 e. The van der Waals surface area contributed by atoms with Crippen LogP contribution in [0.15, 0.2) is 0 Å². The second kappa shape index (κ2) is 63.5. The lowest BCUT2D eigenvalue weighted by atomic mass is 9.97. The zero-order valence-corrected chi connectivity index (χ0v) is 67.7. The normalized spacial score (nSPS) is 24.3. The van der Waals surface area contributed by atoms with Crippen molar-refractivity contribution in [1.82, 2.24) is 47.9 Å². The predicted molar refractivity (Wildman–Crippen MR) is 400 cm³/mol. The first kappa shape index (κ1) is 106. The largest absolute Gasteiger partial charge is 0.471 e. The van der Waals surface area contributed by atoms with E-state index in [1.165, 1.54) is 20.8 Å². The first-order valence-electron chi connectivity index (χ1n) is 38.9. The van der Waals surface area contributed by atoms with E-state index in [0.717, 1.165) is 7.11 Å². The average Bonchev–Trinajstić information content (AvgIpc) is 0.820. The minimum absolute atomic E-state index is 0.00424. The van der Waals surface area contributed by atoms with Crippen molar-refractivity contribution in [1.29, 1.82) is 0 Å². The van der Waals surface area contributed by atoms with Crippen LogP contribution < -0.4 is 47.9 Å². The zero-order chi connectivity index (χ0) is 85.4. The zero-order valence-electron chi connectivity index (χ0n) is 66.8. The smallest absolute Gasteiger partial charge is 0.394 e. The molecule has 3 heterocycles. The number of amides is 9. The van der Waals surface area contributed by atoms with E-state index in [4.69, 9.17) is 66.1 Å². The predicted octanol–water partition coefficient (Wildman–Crippen LogP) is -6.72. The summed E-state index contributed by atoms with van der Waals surface area (Å²) in [6, 6.07) is -5.94. The molecule has 44 nitrogen and oxygen atoms in total. The molecule has 3 aliphatic rings. The maximum Gasteiger partial charge on any atom is 0.471 e. The summed E-state index contributed by atoms with van der Waals surface area (Å²) in [7, 11) is -2.93. The van der Waals surface area contributed by atoms with Crippen molar-refractivity contribution in [3.63, 3.8) is 0 Å². The van der Waals surface area contributed by atoms with Gasteiger partial charge in [-0.3, -0.25) is 52.2 Å². The van der Waals surface area contributed by atoms with Crippen LogP contribution >= 0.6 is 7.82 Å². The van der Waals surface area contributed by atoms with Crippen LogP contribution in [0.1, 0.15) is 118 Å². The Hall–Kier alpha value is -5.54. The summed E-state index contributed by atoms with van der Waals surface area (Å²) >= 11 is 0. The summed E-state index contributed by atoms with van der Waals surface area (Å²) in [6.45, 7) is 7.05. The van der Waals surface area contributed by atoms with Gasteiger partial charge in [-0.05, 0) is 57.8 Å². The van der Waals surface area contributed by atoms with E-state index in [1.54, 1.807) is 0 Å². The van der Waals surface area contributed by atoms with Gasteiger partial charge >= 0.3 is 7.82 Å². The molecule has 3 fully saturated rings. The summed E-state index contributed by atoms with van der Waals surface area (Å²) in [5, 5.41) is 115. The lowest BCUT2D eigenvalue weighted by Gasteiger charge is -2.42. The van der Waals surface area contributed by atoms with Crippen molar-refractivity contribution in [2.24, 2.45) is 0 Å². The number of aliphatic hydroxyl groups excluding tert-OH is 9. The van der Waals surface area contributed by atoms with Gasteiger partial charge in [0.15, 0.2) is 18.9 Å². The van der Waals surface area contributed by atoms with Crippen LogP contribution in [0.2, 0.25) is 0 Å². The molecule has 3 aliphatic heterocycles. The molecule has 0 aromatic rings. The molecule has 115 heavy (non-hydrogen) atoms. The molecule has 0 radical (unpaired) electrons. The van der Waals surface area contributed by atoms with E-state index in [0.29, 0.717) is 45.1 Å². The number of hydrogen-bond acceptors (Lipinski definition) is 34. The molecule has 18 atom stereocenters. The maximum atomic E-state index is 14.3. The van der Waals surface area contributed by atoms with Crippen LogP contribution in [0.25, 0.3) is 0 Å². The van der Waals surface area contributed by atoms with E-state index in [2.05, 4.69) is 52.4 Å². The maximum absolute atomic E-state index is 14.3. The van der Waals surface area contributed by atoms with Crippen LogP contribution in [0.3, 0.4) is 0 Å². The quantitative estimate of drug-likeness (QED) is 0.0199. The molecule has 0 aromatic heterocycles. The van der Waals surface area contributed by atoms with Gasteiger partial charge in [-0.2, -0.15) is 0 Å². The molecule has 0 spiro atoms. The molecule has 0 bridgehead atoms. The van der Waals surface area contributed by atoms with E-state index >= 15 is 0 Å². The SMILES string of the molecule is CC.COP(=O)(O)OCCCCCNC(=O)CCOCCOCCOCCOCCNC(=O)[C@H](CCCCNC(=O)CCOCCOC1OC(CO)C(O)C(O)C1NC(C)=O)NC(=O)[C@H](CCCCNC(=O)CCOCCOC1OC(CO)C(O)C(O)C1NC(C)=O)NC(=O)CCOCCOC1OC(CO)C(O)C(O)C1NC(C)=O. The van der Waals surface area contributed by atoms with Crippen LogP contribution in [0.5, 0.6) is 0 Å². The number of rotatable bonds is 64. The number of carbonyl (C=O) groups excluding carboxylic acids is 9. The minimum atomic E-state index is -4.01. The monoisotopic (exact) mass is 1690 g/mol. The Bertz CT molecular complexity index is 2750. The molecule has 9 amide bonds. The molecule has 16 unspecified atom stereocenters. The topological polar surface area (TPSA) is 620 Å². The van der Waals surface area contributed by atoms with E-state index in [9.17, 15) is 98.6 Å². The lowest BCUT2D eigenvalue weighted by Crippen LogP contribution is -2.64. The highest BCUT2D eigenvalue weighted by Crippen LogP contribution is 2.42. The molecule has 45 heteroatoms. The number of aliphatic hydroxyl groups is 9. The standard InChI is InChI=1S/C68H124N9O35P.C2H6/c1-43(81)73-55-61(91)58(88)48(40-78)110-66(55)106-37-34-100-24-15-52(85)70-19-9-6-12-46(64(94)72-21-27-103-29-31-105-33-32-104-30-28-99-23-14-51(84)69-18-8-5-11-22-109-113(96,97)98-4)77-65(95)47(76-54(87)17-26-102-36-39-108-68-57(75-45(3)83)63(93)60(90)50(42-80)112-68)13-7-10-20-71-53(86)16-25-101-35-38-107-67-56(74-44(2)82)62(92)59(89)49(41-79)111-67;1-2/h46-50,55-63,66-68,78-80,88-93H,5-42H2,1-4H3,(H,69,84)(H,70,85)(H,71,86)(H,72,94)(H,73,81)(H,74,82)(H,75,83)(H,76,87)(H,77,95)(H,96,97);1-2H3/t46-,47-,48?,49?,50?,55?,56?,57?,58?,59?,60?,61?,62?,63?,66?,67?,68?;/m0./s1. The molecule has 0 saturated carbocycles. The number of hydrogen-bond donors (Lipinski definition) is 19. The third-order valence-corrected chi connectivity index (χ3v) is 18.2. The third kappa shape index (κ3) is 46.0. The van der Waals surface area contributed by atoms with Gasteiger partial charge in [0.05, 0.1) is 139 Å². The number of unbranched alkanes of at least 4 members (excludes halogenated alkanes) is 4. The molecular formula is C70H130N9O35P. The van der Waals surface area contributed by atoms with Crippen molar-refractivity contribution in [3.05, 3.63) is 0 Å². The van der Waals surface area contributed by atoms with Crippen molar-refractivity contribution in [3.8, 4) is 0 Å². The fourth-order valence-corrected chi connectivity index (χ4v) is 11.7. The van der Waals surface area contributed by atoms with E-state index in [1.807, 2.05) is 13.8 Å². The van der Waals surface area contributed by atoms with Gasteiger partial charge in [-0.1, -0.05) is 13.8 Å². The Balaban J connectivity index is 0.0000222. The second-order valence-electron chi connectivity index (χ2n) is 26.3. The fourth-order valence-electron chi connectivity index (χ4n) is 11.2. The van der Waals surface area contributed by atoms with Crippen LogP contribution in [-0.2, 0) is 118 Å². The van der Waals surface area contributed by atoms with E-state index in [-0.39, 0.29) is 201 Å². The highest BCUT2D eigenvalue weighted by atomic mass is 31.2. The summed E-state index contributed by atoms with van der Waals surface area (Å²) in [5.74, 6) is -4.54. The first-order valence-corrected chi connectivity index (χ1v) is 40.4. The average molecular weight is 1690 g/mol. The number of phosphoric acid groups is 1. The van der Waals surface area contributed by atoms with Crippen LogP contribution in [0.4, 0.5) is 0 Å². The molecule has 3 saturated heterocycles. The van der Waals surface area contributed by atoms with Gasteiger partial charge in [0.25, 0.3) is 0 Å². The third-order valence-electron chi connectivity index (χ3n) is 17.2. The Morgan fingerprint density at radius 2 is 0.678 bits per heavy atom. The van der Waals surface area contributed by atoms with Crippen molar-refractivity contribution < 1.29 is 169 Å². The molecular weight excluding hydrogens is 1560 g/mol. The van der Waals surface area contributed by atoms with Gasteiger partial charge in [-0.15, -0.1) is 0 Å². The van der Waals surface area contributed by atoms with Crippen molar-refractivity contribution in [2.75, 3.05) is 172 Å². The Morgan fingerprint density at radius 1 is 0.365 bits per heavy atom. The summed E-state index contributed by atoms with van der Waals surface area (Å²) in [5.41, 5.74) is 0. The van der Waals surface area contributed by atoms with Gasteiger partial charge in [0, 0.05) is 79.7 Å². The summed E-state index contributed by atoms with van der Waals surface area (Å²) < 4.78 is 92.9. The van der Waals surface area contributed by atoms with E-state index < -0.39 is 167 Å². The molecule has 0 aliphatic carbocycles. The highest BCUT2D eigenvalue weighted by Gasteiger charge is 2.48. The van der Waals surface area contributed by atoms with Gasteiger partial charge in [-0.25, -0.2) is 4.57 Å². The summed E-state index contributed by atoms with van der Waals surface area (Å²) in [6.07, 6.45) is -13.6. The van der Waals surface area contributed by atoms with Gasteiger partial charge in [0.2, 0.25) is 53.2 Å². The summed E-state index contributed by atoms with van der Waals surface area (Å²) in [4.78, 5) is 124. The van der Waals surface area contributed by atoms with Crippen LogP contribution in [-0.4, -0.2) is 380 Å². The number of nitrogens with one attached hydrogen (secondary N) is 9. The highest BCUT2D eigenvalue weighted by molar-refractivity contribution is 7.47. The molecule has 19 N–H and O–H groups in total. The van der Waals surface area contributed by atoms with Crippen molar-refractivity contribution >= 4 is 61.0 Å². The molecule has 0 aromatic carbocycles. The Kier molecular flexibility index (Phi) is 58.3. The first-order chi connectivity index (χ1) is 55.2. The Morgan fingerprint density at radius 3 is 1.02 bits per heavy atom. The molecule has 670 valence electrons. The molecule has 3 rings (SSSR count). The second-order valence-corrected chi connectivity index (χ2v) is 27.8. The fraction of sp³-hybridized carbons (Fsp3) is 0.871.